The smallest absolute Gasteiger partial charge is 0.188 e. The first-order chi connectivity index (χ1) is 13.2. The highest BCUT2D eigenvalue weighted by Gasteiger charge is 2.11. The predicted octanol–water partition coefficient (Wildman–Crippen LogP) is 4.42. The van der Waals surface area contributed by atoms with Crippen LogP contribution in [-0.4, -0.2) is 13.9 Å². The van der Waals surface area contributed by atoms with Crippen LogP contribution < -0.4 is 20.7 Å². The quantitative estimate of drug-likeness (QED) is 0.415. The van der Waals surface area contributed by atoms with E-state index < -0.39 is 0 Å². The van der Waals surface area contributed by atoms with Crippen LogP contribution in [0.3, 0.4) is 0 Å². The Morgan fingerprint density at radius 3 is 2.48 bits per heavy atom. The average molecular weight is 396 g/mol. The summed E-state index contributed by atoms with van der Waals surface area (Å²) in [5, 5.41) is 4.09. The van der Waals surface area contributed by atoms with E-state index >= 15 is 0 Å². The van der Waals surface area contributed by atoms with Crippen LogP contribution in [0.4, 0.5) is 0 Å². The van der Waals surface area contributed by atoms with Crippen molar-refractivity contribution < 1.29 is 9.47 Å². The van der Waals surface area contributed by atoms with Gasteiger partial charge in [0.25, 0.3) is 0 Å². The zero-order valence-electron chi connectivity index (χ0n) is 16.1. The maximum Gasteiger partial charge on any atom is 0.188 e. The van der Waals surface area contributed by atoms with Gasteiger partial charge in [0.1, 0.15) is 5.75 Å². The molecule has 0 aliphatic carbocycles. The van der Waals surface area contributed by atoms with Gasteiger partial charge in [-0.05, 0) is 53.9 Å². The number of hydrogen-bond acceptors (Lipinski definition) is 2. The van der Waals surface area contributed by atoms with E-state index in [9.17, 15) is 0 Å². The highest BCUT2D eigenvalue weighted by molar-refractivity contribution is 7.56. The molecule has 3 rings (SSSR count). The Morgan fingerprint density at radius 1 is 0.889 bits per heavy atom. The maximum absolute atomic E-state index is 5.81. The molecular formula is C23H26O2P2. The second-order valence-corrected chi connectivity index (χ2v) is 9.08. The molecule has 0 bridgehead atoms. The number of methoxy groups -OCH3 is 1. The molecule has 0 fully saturated rings. The van der Waals surface area contributed by atoms with E-state index in [1.165, 1.54) is 32.6 Å². The van der Waals surface area contributed by atoms with Crippen molar-refractivity contribution in [2.75, 3.05) is 13.9 Å². The molecule has 0 saturated heterocycles. The normalized spacial score (nSPS) is 11.7. The molecule has 0 radical (unpaired) electrons. The Balaban J connectivity index is 1.85. The van der Waals surface area contributed by atoms with Crippen LogP contribution in [0, 0.1) is 13.8 Å². The Kier molecular flexibility index (Phi) is 7.41. The van der Waals surface area contributed by atoms with Crippen LogP contribution in [0.5, 0.6) is 5.75 Å². The van der Waals surface area contributed by atoms with E-state index in [-0.39, 0.29) is 6.79 Å². The van der Waals surface area contributed by atoms with Gasteiger partial charge in [-0.2, -0.15) is 0 Å². The van der Waals surface area contributed by atoms with Crippen molar-refractivity contribution in [3.63, 3.8) is 0 Å². The second kappa shape index (κ2) is 10.00. The minimum Gasteiger partial charge on any atom is -0.467 e. The molecule has 0 heterocycles. The first-order valence-electron chi connectivity index (χ1n) is 9.04. The summed E-state index contributed by atoms with van der Waals surface area (Å²) in [7, 11) is 3.01. The number of benzene rings is 3. The van der Waals surface area contributed by atoms with E-state index in [4.69, 9.17) is 9.47 Å². The molecule has 0 aliphatic rings. The van der Waals surface area contributed by atoms with Crippen LogP contribution in [0.2, 0.25) is 0 Å². The fourth-order valence-corrected chi connectivity index (χ4v) is 5.69. The molecule has 0 N–H and O–H groups in total. The first kappa shape index (κ1) is 20.0. The van der Waals surface area contributed by atoms with Crippen molar-refractivity contribution in [3.05, 3.63) is 83.4 Å². The Labute approximate surface area is 165 Å². The number of aryl methyl sites for hydroxylation is 2. The lowest BCUT2D eigenvalue weighted by molar-refractivity contribution is 0.0519. The van der Waals surface area contributed by atoms with E-state index in [0.29, 0.717) is 8.58 Å². The summed E-state index contributed by atoms with van der Waals surface area (Å²) in [5.74, 6) is 0.917. The van der Waals surface area contributed by atoms with Gasteiger partial charge in [-0.25, -0.2) is 0 Å². The van der Waals surface area contributed by atoms with Gasteiger partial charge in [-0.3, -0.25) is 0 Å². The third-order valence-electron chi connectivity index (χ3n) is 4.34. The molecular weight excluding hydrogens is 370 g/mol. The Morgan fingerprint density at radius 2 is 1.70 bits per heavy atom. The summed E-state index contributed by atoms with van der Waals surface area (Å²) < 4.78 is 10.9. The van der Waals surface area contributed by atoms with Gasteiger partial charge in [-0.1, -0.05) is 77.3 Å². The average Bonchev–Trinajstić information content (AvgIpc) is 2.68. The van der Waals surface area contributed by atoms with Gasteiger partial charge < -0.3 is 9.47 Å². The van der Waals surface area contributed by atoms with Gasteiger partial charge >= 0.3 is 0 Å². The third-order valence-corrected chi connectivity index (χ3v) is 7.27. The van der Waals surface area contributed by atoms with Crippen molar-refractivity contribution >= 4 is 33.1 Å². The van der Waals surface area contributed by atoms with Crippen molar-refractivity contribution in [1.82, 2.24) is 0 Å². The number of ether oxygens (including phenoxy) is 2. The molecule has 140 valence electrons. The minimum atomic E-state index is 0.274. The van der Waals surface area contributed by atoms with Gasteiger partial charge in [0, 0.05) is 12.4 Å². The summed E-state index contributed by atoms with van der Waals surface area (Å²) in [6, 6.07) is 23.8. The fourth-order valence-electron chi connectivity index (χ4n) is 2.93. The van der Waals surface area contributed by atoms with Crippen LogP contribution in [-0.2, 0) is 10.9 Å². The maximum atomic E-state index is 5.81. The topological polar surface area (TPSA) is 18.5 Å². The molecule has 0 aromatic heterocycles. The Bertz CT molecular complexity index is 879. The highest BCUT2D eigenvalue weighted by Crippen LogP contribution is 2.26. The Hall–Kier alpha value is -1.72. The van der Waals surface area contributed by atoms with Crippen molar-refractivity contribution in [2.45, 2.75) is 20.0 Å². The predicted molar refractivity (Wildman–Crippen MR) is 121 cm³/mol. The second-order valence-electron chi connectivity index (χ2n) is 6.50. The molecule has 0 amide bonds. The summed E-state index contributed by atoms with van der Waals surface area (Å²) in [6.45, 7) is 4.61. The molecule has 2 unspecified atom stereocenters. The largest absolute Gasteiger partial charge is 0.467 e. The minimum absolute atomic E-state index is 0.274. The zero-order chi connectivity index (χ0) is 19.1. The van der Waals surface area contributed by atoms with E-state index in [1.54, 1.807) is 7.11 Å². The van der Waals surface area contributed by atoms with Crippen LogP contribution in [0.1, 0.15) is 16.7 Å². The SMILES string of the molecule is COCOc1ccc(C)cc1Pc1c(C)cccc1CPc1ccccc1. The van der Waals surface area contributed by atoms with E-state index in [1.807, 2.05) is 0 Å². The summed E-state index contributed by atoms with van der Waals surface area (Å²) >= 11 is 0. The molecule has 2 nitrogen and oxygen atoms in total. The van der Waals surface area contributed by atoms with Crippen LogP contribution in [0.15, 0.2) is 66.7 Å². The van der Waals surface area contributed by atoms with Crippen LogP contribution >= 0.6 is 17.2 Å². The van der Waals surface area contributed by atoms with Gasteiger partial charge in [0.05, 0.1) is 0 Å². The zero-order valence-corrected chi connectivity index (χ0v) is 18.1. The number of rotatable bonds is 8. The van der Waals surface area contributed by atoms with E-state index in [2.05, 4.69) is 80.6 Å². The monoisotopic (exact) mass is 396 g/mol. The lowest BCUT2D eigenvalue weighted by atomic mass is 10.1. The van der Waals surface area contributed by atoms with Crippen molar-refractivity contribution in [2.24, 2.45) is 0 Å². The lowest BCUT2D eigenvalue weighted by Gasteiger charge is -2.16. The van der Waals surface area contributed by atoms with Gasteiger partial charge in [0.2, 0.25) is 0 Å². The molecule has 0 spiro atoms. The molecule has 3 aromatic carbocycles. The third kappa shape index (κ3) is 5.63. The molecule has 4 heteroatoms. The van der Waals surface area contributed by atoms with Crippen LogP contribution in [0.25, 0.3) is 0 Å². The van der Waals surface area contributed by atoms with E-state index in [0.717, 1.165) is 20.5 Å². The van der Waals surface area contributed by atoms with Gasteiger partial charge in [0.15, 0.2) is 6.79 Å². The molecule has 27 heavy (non-hydrogen) atoms. The van der Waals surface area contributed by atoms with Crippen molar-refractivity contribution in [3.8, 4) is 5.75 Å². The summed E-state index contributed by atoms with van der Waals surface area (Å²) in [4.78, 5) is 0. The first-order valence-corrected chi connectivity index (χ1v) is 11.2. The molecule has 0 saturated carbocycles. The van der Waals surface area contributed by atoms with Gasteiger partial charge in [-0.15, -0.1) is 0 Å². The molecule has 3 aromatic rings. The fraction of sp³-hybridized carbons (Fsp3) is 0.217. The lowest BCUT2D eigenvalue weighted by Crippen LogP contribution is -2.15. The summed E-state index contributed by atoms with van der Waals surface area (Å²) in [5.41, 5.74) is 4.04. The van der Waals surface area contributed by atoms with Crippen molar-refractivity contribution in [1.29, 1.82) is 0 Å². The highest BCUT2D eigenvalue weighted by atomic mass is 31.1. The molecule has 0 aliphatic heterocycles. The summed E-state index contributed by atoms with van der Waals surface area (Å²) in [6.07, 6.45) is 1.08. The molecule has 2 atom stereocenters. The standard InChI is InChI=1S/C23H26O2P2/c1-17-12-13-21(25-16-24-3)22(14-17)27-23-18(2)8-7-9-19(23)15-26-20-10-5-4-6-11-20/h4-14,26-27H,15-16H2,1-3H3. The number of hydrogen-bond donors (Lipinski definition) is 0.